The first kappa shape index (κ1) is 10.5. The average Bonchev–Trinajstić information content (AvgIpc) is 2.17. The lowest BCUT2D eigenvalue weighted by atomic mass is 9.86. The first-order valence-electron chi connectivity index (χ1n) is 5.72. The molecule has 0 radical (unpaired) electrons. The van der Waals surface area contributed by atoms with Gasteiger partial charge in [0.15, 0.2) is 0 Å². The Balaban J connectivity index is 1.99. The highest BCUT2D eigenvalue weighted by molar-refractivity contribution is 5.36. The molecule has 0 bridgehead atoms. The maximum Gasteiger partial charge on any atom is 0.123 e. The third kappa shape index (κ3) is 2.51. The molecular weight excluding hydrogens is 186 g/mol. The highest BCUT2D eigenvalue weighted by Crippen LogP contribution is 2.28. The van der Waals surface area contributed by atoms with Crippen LogP contribution in [-0.4, -0.2) is 6.61 Å². The van der Waals surface area contributed by atoms with Gasteiger partial charge in [0.25, 0.3) is 0 Å². The van der Waals surface area contributed by atoms with Crippen LogP contribution in [0.25, 0.3) is 0 Å². The number of nitrogens with two attached hydrogens (primary N) is 1. The predicted molar refractivity (Wildman–Crippen MR) is 61.9 cm³/mol. The molecule has 1 aromatic carbocycles. The Morgan fingerprint density at radius 2 is 2.20 bits per heavy atom. The van der Waals surface area contributed by atoms with Crippen molar-refractivity contribution in [1.82, 2.24) is 0 Å². The molecule has 1 aliphatic rings. The third-order valence-corrected chi connectivity index (χ3v) is 3.14. The summed E-state index contributed by atoms with van der Waals surface area (Å²) in [6.45, 7) is 3.49. The van der Waals surface area contributed by atoms with E-state index in [-0.39, 0.29) is 0 Å². The molecule has 2 heteroatoms. The van der Waals surface area contributed by atoms with Crippen molar-refractivity contribution in [2.24, 2.45) is 11.7 Å². The van der Waals surface area contributed by atoms with Gasteiger partial charge < -0.3 is 10.5 Å². The fourth-order valence-electron chi connectivity index (χ4n) is 1.88. The number of aryl methyl sites for hydroxylation is 1. The Labute approximate surface area is 91.4 Å². The van der Waals surface area contributed by atoms with Crippen LogP contribution in [0, 0.1) is 12.8 Å². The van der Waals surface area contributed by atoms with Crippen molar-refractivity contribution in [1.29, 1.82) is 0 Å². The van der Waals surface area contributed by atoms with Crippen LogP contribution < -0.4 is 10.5 Å². The first-order valence-corrected chi connectivity index (χ1v) is 5.72. The Bertz CT molecular complexity index is 331. The van der Waals surface area contributed by atoms with Crippen LogP contribution in [0.4, 0.5) is 0 Å². The van der Waals surface area contributed by atoms with E-state index in [0.29, 0.717) is 6.54 Å². The zero-order valence-corrected chi connectivity index (χ0v) is 9.33. The first-order chi connectivity index (χ1) is 7.29. The highest BCUT2D eigenvalue weighted by Gasteiger charge is 2.18. The third-order valence-electron chi connectivity index (χ3n) is 3.14. The second-order valence-electron chi connectivity index (χ2n) is 4.42. The van der Waals surface area contributed by atoms with Crippen LogP contribution in [0.1, 0.15) is 30.4 Å². The molecule has 1 saturated carbocycles. The van der Waals surface area contributed by atoms with Gasteiger partial charge in [0.05, 0.1) is 6.61 Å². The molecule has 0 heterocycles. The molecular formula is C13H19NO. The topological polar surface area (TPSA) is 35.2 Å². The van der Waals surface area contributed by atoms with Crippen molar-refractivity contribution in [2.75, 3.05) is 6.61 Å². The van der Waals surface area contributed by atoms with E-state index < -0.39 is 0 Å². The maximum atomic E-state index is 5.81. The Morgan fingerprint density at radius 1 is 1.40 bits per heavy atom. The van der Waals surface area contributed by atoms with Gasteiger partial charge in [0, 0.05) is 12.1 Å². The fraction of sp³-hybridized carbons (Fsp3) is 0.538. The lowest BCUT2D eigenvalue weighted by Gasteiger charge is -2.25. The molecule has 0 atom stereocenters. The monoisotopic (exact) mass is 205 g/mol. The van der Waals surface area contributed by atoms with Gasteiger partial charge in [-0.2, -0.15) is 0 Å². The van der Waals surface area contributed by atoms with Crippen molar-refractivity contribution in [3.8, 4) is 5.75 Å². The van der Waals surface area contributed by atoms with E-state index in [0.717, 1.165) is 23.8 Å². The molecule has 2 nitrogen and oxygen atoms in total. The Hall–Kier alpha value is -1.02. The lowest BCUT2D eigenvalue weighted by molar-refractivity contribution is 0.179. The molecule has 0 aromatic heterocycles. The Kier molecular flexibility index (Phi) is 3.27. The van der Waals surface area contributed by atoms with E-state index in [2.05, 4.69) is 19.1 Å². The summed E-state index contributed by atoms with van der Waals surface area (Å²) in [7, 11) is 0. The molecule has 0 saturated heterocycles. The van der Waals surface area contributed by atoms with Crippen molar-refractivity contribution < 1.29 is 4.74 Å². The van der Waals surface area contributed by atoms with Crippen molar-refractivity contribution in [3.63, 3.8) is 0 Å². The zero-order chi connectivity index (χ0) is 10.7. The van der Waals surface area contributed by atoms with Crippen LogP contribution in [-0.2, 0) is 6.54 Å². The van der Waals surface area contributed by atoms with Gasteiger partial charge in [0.1, 0.15) is 5.75 Å². The van der Waals surface area contributed by atoms with E-state index in [4.69, 9.17) is 10.5 Å². The number of rotatable bonds is 4. The summed E-state index contributed by atoms with van der Waals surface area (Å²) in [6, 6.07) is 6.22. The normalized spacial score (nSPS) is 16.1. The van der Waals surface area contributed by atoms with E-state index in [9.17, 15) is 0 Å². The minimum atomic E-state index is 0.557. The standard InChI is InChI=1S/C13H19NO/c1-10-5-6-13(12(7-10)8-14)15-9-11-3-2-4-11/h5-7,11H,2-4,8-9,14H2,1H3. The molecule has 2 N–H and O–H groups in total. The summed E-state index contributed by atoms with van der Waals surface area (Å²) >= 11 is 0. The number of hydrogen-bond donors (Lipinski definition) is 1. The molecule has 0 amide bonds. The quantitative estimate of drug-likeness (QED) is 0.820. The van der Waals surface area contributed by atoms with Crippen LogP contribution in [0.15, 0.2) is 18.2 Å². The van der Waals surface area contributed by atoms with Gasteiger partial charge in [-0.25, -0.2) is 0 Å². The second-order valence-corrected chi connectivity index (χ2v) is 4.42. The van der Waals surface area contributed by atoms with E-state index in [1.807, 2.05) is 6.07 Å². The van der Waals surface area contributed by atoms with E-state index in [1.54, 1.807) is 0 Å². The van der Waals surface area contributed by atoms with Gasteiger partial charge in [0.2, 0.25) is 0 Å². The Morgan fingerprint density at radius 3 is 2.80 bits per heavy atom. The summed E-state index contributed by atoms with van der Waals surface area (Å²) in [5.74, 6) is 1.74. The highest BCUT2D eigenvalue weighted by atomic mass is 16.5. The van der Waals surface area contributed by atoms with Gasteiger partial charge in [-0.1, -0.05) is 24.1 Å². The van der Waals surface area contributed by atoms with Gasteiger partial charge >= 0.3 is 0 Å². The second kappa shape index (κ2) is 4.67. The summed E-state index contributed by atoms with van der Waals surface area (Å²) in [5, 5.41) is 0. The molecule has 82 valence electrons. The van der Waals surface area contributed by atoms with Crippen molar-refractivity contribution in [3.05, 3.63) is 29.3 Å². The van der Waals surface area contributed by atoms with Crippen LogP contribution in [0.5, 0.6) is 5.75 Å². The van der Waals surface area contributed by atoms with Crippen LogP contribution >= 0.6 is 0 Å². The molecule has 0 unspecified atom stereocenters. The maximum absolute atomic E-state index is 5.81. The van der Waals surface area contributed by atoms with Crippen molar-refractivity contribution >= 4 is 0 Å². The minimum absolute atomic E-state index is 0.557. The smallest absolute Gasteiger partial charge is 0.123 e. The van der Waals surface area contributed by atoms with Gasteiger partial charge in [-0.3, -0.25) is 0 Å². The molecule has 0 spiro atoms. The molecule has 1 aromatic rings. The van der Waals surface area contributed by atoms with E-state index in [1.165, 1.54) is 24.8 Å². The fourth-order valence-corrected chi connectivity index (χ4v) is 1.88. The summed E-state index contributed by atoms with van der Waals surface area (Å²) < 4.78 is 5.81. The molecule has 1 fully saturated rings. The van der Waals surface area contributed by atoms with Gasteiger partial charge in [-0.05, 0) is 31.7 Å². The molecule has 2 rings (SSSR count). The van der Waals surface area contributed by atoms with Gasteiger partial charge in [-0.15, -0.1) is 0 Å². The largest absolute Gasteiger partial charge is 0.493 e. The average molecular weight is 205 g/mol. The molecule has 15 heavy (non-hydrogen) atoms. The summed E-state index contributed by atoms with van der Waals surface area (Å²) in [4.78, 5) is 0. The van der Waals surface area contributed by atoms with Crippen LogP contribution in [0.3, 0.4) is 0 Å². The van der Waals surface area contributed by atoms with Crippen molar-refractivity contribution in [2.45, 2.75) is 32.7 Å². The molecule has 1 aliphatic carbocycles. The predicted octanol–water partition coefficient (Wildman–Crippen LogP) is 2.63. The SMILES string of the molecule is Cc1ccc(OCC2CCC2)c(CN)c1. The minimum Gasteiger partial charge on any atom is -0.493 e. The zero-order valence-electron chi connectivity index (χ0n) is 9.33. The lowest BCUT2D eigenvalue weighted by Crippen LogP contribution is -2.19. The molecule has 0 aliphatic heterocycles. The number of ether oxygens (including phenoxy) is 1. The van der Waals surface area contributed by atoms with Crippen LogP contribution in [0.2, 0.25) is 0 Å². The number of benzene rings is 1. The summed E-state index contributed by atoms with van der Waals surface area (Å²) in [5.41, 5.74) is 8.05. The summed E-state index contributed by atoms with van der Waals surface area (Å²) in [6.07, 6.45) is 4.01. The number of hydrogen-bond acceptors (Lipinski definition) is 2. The van der Waals surface area contributed by atoms with E-state index >= 15 is 0 Å².